The zero-order valence-corrected chi connectivity index (χ0v) is 40.6. The molecule has 8 heteroatoms. The van der Waals surface area contributed by atoms with Crippen molar-refractivity contribution in [3.63, 3.8) is 0 Å². The Balaban J connectivity index is 1.03. The Morgan fingerprint density at radius 2 is 0.928 bits per heavy atom. The molecule has 6 aromatic carbocycles. The van der Waals surface area contributed by atoms with E-state index in [1.165, 1.54) is 114 Å². The second-order valence-corrected chi connectivity index (χ2v) is 20.0. The van der Waals surface area contributed by atoms with Crippen LogP contribution in [0.15, 0.2) is 115 Å². The number of ether oxygens (including phenoxy) is 2. The van der Waals surface area contributed by atoms with E-state index in [9.17, 15) is 10.2 Å². The predicted octanol–water partition coefficient (Wildman–Crippen LogP) is 17.0. The van der Waals surface area contributed by atoms with E-state index in [1.807, 2.05) is 85.8 Å². The van der Waals surface area contributed by atoms with Gasteiger partial charge >= 0.3 is 0 Å². The highest BCUT2D eigenvalue weighted by Crippen LogP contribution is 2.51. The number of fused-ring (bicyclic) bond motifs is 2. The van der Waals surface area contributed by atoms with Gasteiger partial charge in [0.15, 0.2) is 23.0 Å². The van der Waals surface area contributed by atoms with Crippen LogP contribution in [0.4, 0.5) is 22.7 Å². The molecule has 0 amide bonds. The van der Waals surface area contributed by atoms with E-state index in [1.54, 1.807) is 12.1 Å². The maximum atomic E-state index is 15.2. The van der Waals surface area contributed by atoms with Gasteiger partial charge in [-0.3, -0.25) is 9.59 Å². The maximum absolute atomic E-state index is 15.2. The molecular weight excluding hydrogens is 857 g/mol. The van der Waals surface area contributed by atoms with Crippen LogP contribution in [0.2, 0.25) is 0 Å². The van der Waals surface area contributed by atoms with E-state index in [-0.39, 0.29) is 45.1 Å². The van der Waals surface area contributed by atoms with Crippen LogP contribution in [0.1, 0.15) is 177 Å². The van der Waals surface area contributed by atoms with Gasteiger partial charge in [0.05, 0.1) is 33.6 Å². The number of unbranched alkanes of at least 4 members (excludes halogenated alkanes) is 4. The molecule has 0 saturated heterocycles. The van der Waals surface area contributed by atoms with Gasteiger partial charge in [-0.25, -0.2) is 0 Å². The number of carbonyl (C=O) groups is 2. The molecule has 0 unspecified atom stereocenters. The van der Waals surface area contributed by atoms with Crippen LogP contribution < -0.4 is 20.1 Å². The Hall–Kier alpha value is -6.54. The van der Waals surface area contributed by atoms with E-state index in [0.717, 1.165) is 17.4 Å². The van der Waals surface area contributed by atoms with Crippen molar-refractivity contribution in [1.82, 2.24) is 0 Å². The van der Waals surface area contributed by atoms with Crippen LogP contribution in [0.3, 0.4) is 0 Å². The fourth-order valence-corrected chi connectivity index (χ4v) is 11.2. The first kappa shape index (κ1) is 47.5. The molecule has 69 heavy (non-hydrogen) atoms. The van der Waals surface area contributed by atoms with Gasteiger partial charge in [-0.2, -0.15) is 0 Å². The van der Waals surface area contributed by atoms with Crippen molar-refractivity contribution in [1.29, 1.82) is 0 Å². The summed E-state index contributed by atoms with van der Waals surface area (Å²) in [6, 6.07) is 36.1. The number of anilines is 4. The summed E-state index contributed by atoms with van der Waals surface area (Å²) < 4.78 is 12.8. The number of benzene rings is 6. The van der Waals surface area contributed by atoms with Crippen LogP contribution in [0.25, 0.3) is 0 Å². The highest BCUT2D eigenvalue weighted by Gasteiger charge is 2.41. The number of hydrogen-bond acceptors (Lipinski definition) is 8. The summed E-state index contributed by atoms with van der Waals surface area (Å²) in [6.07, 6.45) is 20.1. The third-order valence-electron chi connectivity index (χ3n) is 15.1. The summed E-state index contributed by atoms with van der Waals surface area (Å²) >= 11 is 0. The molecule has 3 aliphatic carbocycles. The molecular formula is C61H68N2O6. The van der Waals surface area contributed by atoms with E-state index in [2.05, 4.69) is 48.7 Å². The SMILES string of the molecule is CCCCCC1CCC(c2ccc(Oc3cc(Nc4ccccc4)c4c(c3O)C(=O)c3c(Nc5cccc(C)c5)cc(Oc5ccc(C6CCC(CCCCC)CC6)cc5)c(O)c3C4=O)cc2)CC1. The molecule has 6 aromatic rings. The normalized spacial score (nSPS) is 18.8. The first-order valence-corrected chi connectivity index (χ1v) is 25.8. The van der Waals surface area contributed by atoms with E-state index in [4.69, 9.17) is 9.47 Å². The summed E-state index contributed by atoms with van der Waals surface area (Å²) in [5.41, 5.74) is 4.72. The Kier molecular flexibility index (Phi) is 15.0. The maximum Gasteiger partial charge on any atom is 0.200 e. The third-order valence-corrected chi connectivity index (χ3v) is 15.1. The molecule has 0 spiro atoms. The van der Waals surface area contributed by atoms with Crippen LogP contribution in [-0.2, 0) is 0 Å². The molecule has 9 rings (SSSR count). The number of para-hydroxylation sites is 1. The summed E-state index contributed by atoms with van der Waals surface area (Å²) in [5.74, 6) is 1.39. The van der Waals surface area contributed by atoms with Gasteiger partial charge in [0.1, 0.15) is 11.5 Å². The second kappa shape index (κ2) is 21.8. The lowest BCUT2D eigenvalue weighted by Gasteiger charge is -2.29. The lowest BCUT2D eigenvalue weighted by atomic mass is 9.77. The molecule has 358 valence electrons. The summed E-state index contributed by atoms with van der Waals surface area (Å²) in [4.78, 5) is 30.4. The number of aromatic hydroxyl groups is 2. The molecule has 0 heterocycles. The number of phenols is 2. The average molecular weight is 925 g/mol. The zero-order chi connectivity index (χ0) is 47.9. The lowest BCUT2D eigenvalue weighted by molar-refractivity contribution is 0.0974. The third kappa shape index (κ3) is 10.9. The fraction of sp³-hybridized carbons (Fsp3) is 0.377. The smallest absolute Gasteiger partial charge is 0.200 e. The number of phenolic OH excluding ortho intramolecular Hbond substituents is 2. The van der Waals surface area contributed by atoms with Crippen molar-refractivity contribution >= 4 is 34.3 Å². The highest BCUT2D eigenvalue weighted by molar-refractivity contribution is 6.34. The van der Waals surface area contributed by atoms with Crippen molar-refractivity contribution in [2.45, 2.75) is 135 Å². The molecule has 8 nitrogen and oxygen atoms in total. The molecule has 0 bridgehead atoms. The Labute approximate surface area is 408 Å². The van der Waals surface area contributed by atoms with Crippen molar-refractivity contribution in [2.24, 2.45) is 11.8 Å². The first-order valence-electron chi connectivity index (χ1n) is 25.8. The van der Waals surface area contributed by atoms with Crippen LogP contribution in [0.5, 0.6) is 34.5 Å². The minimum Gasteiger partial charge on any atom is -0.504 e. The van der Waals surface area contributed by atoms with Crippen LogP contribution in [0, 0.1) is 18.8 Å². The highest BCUT2D eigenvalue weighted by atomic mass is 16.5. The number of ketones is 2. The predicted molar refractivity (Wildman–Crippen MR) is 278 cm³/mol. The van der Waals surface area contributed by atoms with Crippen LogP contribution in [-0.4, -0.2) is 21.8 Å². The van der Waals surface area contributed by atoms with E-state index in [0.29, 0.717) is 34.7 Å². The molecule has 2 fully saturated rings. The van der Waals surface area contributed by atoms with Gasteiger partial charge < -0.3 is 30.3 Å². The topological polar surface area (TPSA) is 117 Å². The number of rotatable bonds is 18. The summed E-state index contributed by atoms with van der Waals surface area (Å²) in [6.45, 7) is 6.49. The Bertz CT molecular complexity index is 2730. The standard InChI is InChI=1S/C61H68N2O6/c1-4-6-9-15-40-20-24-42(25-21-40)44-28-32-48(33-29-44)68-52-37-50(62-46-17-11-8-12-18-46)54-56(58(52)64)61(67)55-51(63-47-19-13-14-39(3)36-47)38-53(59(65)57(55)60(54)66)69-49-34-30-45(31-35-49)43-26-22-41(23-27-43)16-10-7-5-2/h8,11-14,17-19,28-38,40-43,62-65H,4-7,9-10,15-16,20-27H2,1-3H3. The minimum atomic E-state index is -0.653. The number of hydrogen-bond donors (Lipinski definition) is 4. The number of aryl methyl sites for hydroxylation is 1. The average Bonchev–Trinajstić information content (AvgIpc) is 3.36. The Morgan fingerprint density at radius 3 is 1.36 bits per heavy atom. The van der Waals surface area contributed by atoms with E-state index < -0.39 is 23.1 Å². The molecule has 3 aliphatic rings. The van der Waals surface area contributed by atoms with Crippen molar-refractivity contribution in [3.05, 3.63) is 154 Å². The molecule has 0 atom stereocenters. The van der Waals surface area contributed by atoms with Crippen molar-refractivity contribution < 1.29 is 29.3 Å². The van der Waals surface area contributed by atoms with Crippen LogP contribution >= 0.6 is 0 Å². The molecule has 2 saturated carbocycles. The van der Waals surface area contributed by atoms with Gasteiger partial charge in [0.25, 0.3) is 0 Å². The number of nitrogens with one attached hydrogen (secondary N) is 2. The van der Waals surface area contributed by atoms with E-state index >= 15 is 9.59 Å². The van der Waals surface area contributed by atoms with Gasteiger partial charge in [0.2, 0.25) is 11.6 Å². The minimum absolute atomic E-state index is 0.0120. The van der Waals surface area contributed by atoms with Gasteiger partial charge in [-0.05, 0) is 147 Å². The summed E-state index contributed by atoms with van der Waals surface area (Å²) in [5, 5.41) is 31.0. The quantitative estimate of drug-likeness (QED) is 0.0497. The molecule has 4 N–H and O–H groups in total. The van der Waals surface area contributed by atoms with Crippen molar-refractivity contribution in [2.75, 3.05) is 10.6 Å². The Morgan fingerprint density at radius 1 is 0.493 bits per heavy atom. The number of carbonyl (C=O) groups excluding carboxylic acids is 2. The van der Waals surface area contributed by atoms with Gasteiger partial charge in [-0.1, -0.05) is 120 Å². The van der Waals surface area contributed by atoms with Gasteiger partial charge in [0, 0.05) is 23.5 Å². The zero-order valence-electron chi connectivity index (χ0n) is 40.6. The largest absolute Gasteiger partial charge is 0.504 e. The molecule has 0 aromatic heterocycles. The lowest BCUT2D eigenvalue weighted by Crippen LogP contribution is -2.24. The molecule has 0 radical (unpaired) electrons. The monoisotopic (exact) mass is 925 g/mol. The van der Waals surface area contributed by atoms with Gasteiger partial charge in [-0.15, -0.1) is 0 Å². The molecule has 0 aliphatic heterocycles. The second-order valence-electron chi connectivity index (χ2n) is 20.0. The van der Waals surface area contributed by atoms with Crippen molar-refractivity contribution in [3.8, 4) is 34.5 Å². The first-order chi connectivity index (χ1) is 33.7. The summed E-state index contributed by atoms with van der Waals surface area (Å²) in [7, 11) is 0. The fourth-order valence-electron chi connectivity index (χ4n) is 11.2.